The van der Waals surface area contributed by atoms with Crippen molar-refractivity contribution in [3.05, 3.63) is 69.7 Å². The molecule has 0 aliphatic rings. The Morgan fingerprint density at radius 2 is 1.75 bits per heavy atom. The molecule has 0 aromatic heterocycles. The van der Waals surface area contributed by atoms with E-state index in [4.69, 9.17) is 23.2 Å². The number of carboxylic acid groups (broad SMARTS) is 1. The van der Waals surface area contributed by atoms with Gasteiger partial charge in [0.2, 0.25) is 0 Å². The monoisotopic (exact) mass is 308 g/mol. The molecule has 0 aliphatic carbocycles. The average Bonchev–Trinajstić information content (AvgIpc) is 2.44. The van der Waals surface area contributed by atoms with Crippen LogP contribution in [-0.2, 0) is 11.2 Å². The van der Waals surface area contributed by atoms with Crippen molar-refractivity contribution < 1.29 is 9.90 Å². The lowest BCUT2D eigenvalue weighted by molar-refractivity contribution is -0.138. The minimum Gasteiger partial charge on any atom is -0.481 e. The van der Waals surface area contributed by atoms with Crippen LogP contribution in [0.3, 0.4) is 0 Å². The first kappa shape index (κ1) is 14.9. The van der Waals surface area contributed by atoms with Gasteiger partial charge in [0.15, 0.2) is 0 Å². The van der Waals surface area contributed by atoms with Gasteiger partial charge in [-0.1, -0.05) is 59.6 Å². The maximum absolute atomic E-state index is 11.4. The molecular weight excluding hydrogens is 295 g/mol. The van der Waals surface area contributed by atoms with E-state index in [0.717, 1.165) is 11.1 Å². The first-order valence-corrected chi connectivity index (χ1v) is 7.05. The van der Waals surface area contributed by atoms with E-state index in [1.165, 1.54) is 0 Å². The molecule has 0 radical (unpaired) electrons. The second-order valence-electron chi connectivity index (χ2n) is 4.59. The van der Waals surface area contributed by atoms with Crippen LogP contribution >= 0.6 is 23.2 Å². The number of halogens is 2. The minimum absolute atomic E-state index is 0.496. The van der Waals surface area contributed by atoms with Crippen LogP contribution in [0.1, 0.15) is 23.5 Å². The Morgan fingerprint density at radius 3 is 2.35 bits per heavy atom. The number of hydrogen-bond donors (Lipinski definition) is 1. The molecule has 0 heterocycles. The zero-order valence-corrected chi connectivity index (χ0v) is 12.2. The highest BCUT2D eigenvalue weighted by molar-refractivity contribution is 6.42. The minimum atomic E-state index is -0.809. The van der Waals surface area contributed by atoms with Crippen molar-refractivity contribution in [1.82, 2.24) is 0 Å². The van der Waals surface area contributed by atoms with Gasteiger partial charge < -0.3 is 5.11 Å². The van der Waals surface area contributed by atoms with Gasteiger partial charge in [-0.05, 0) is 36.1 Å². The molecule has 0 spiro atoms. The first-order valence-electron chi connectivity index (χ1n) is 6.29. The van der Waals surface area contributed by atoms with E-state index >= 15 is 0 Å². The summed E-state index contributed by atoms with van der Waals surface area (Å²) < 4.78 is 0. The van der Waals surface area contributed by atoms with E-state index in [0.29, 0.717) is 22.9 Å². The van der Waals surface area contributed by atoms with Crippen LogP contribution in [-0.4, -0.2) is 11.1 Å². The highest BCUT2D eigenvalue weighted by Crippen LogP contribution is 2.26. The lowest BCUT2D eigenvalue weighted by Crippen LogP contribution is -2.12. The van der Waals surface area contributed by atoms with Gasteiger partial charge in [0.05, 0.1) is 16.0 Å². The number of benzene rings is 2. The van der Waals surface area contributed by atoms with Crippen LogP contribution in [0, 0.1) is 0 Å². The van der Waals surface area contributed by atoms with Crippen molar-refractivity contribution in [1.29, 1.82) is 0 Å². The average molecular weight is 309 g/mol. The molecule has 4 heteroatoms. The molecule has 104 valence electrons. The Labute approximate surface area is 128 Å². The summed E-state index contributed by atoms with van der Waals surface area (Å²) in [5, 5.41) is 10.4. The highest BCUT2D eigenvalue weighted by atomic mass is 35.5. The molecule has 0 saturated carbocycles. The summed E-state index contributed by atoms with van der Waals surface area (Å²) in [6, 6.07) is 14.7. The predicted molar refractivity (Wildman–Crippen MR) is 81.6 cm³/mol. The number of aliphatic carboxylic acids is 1. The molecule has 1 N–H and O–H groups in total. The topological polar surface area (TPSA) is 37.3 Å². The second kappa shape index (κ2) is 6.78. The zero-order valence-electron chi connectivity index (χ0n) is 10.7. The van der Waals surface area contributed by atoms with Gasteiger partial charge >= 0.3 is 5.97 Å². The highest BCUT2D eigenvalue weighted by Gasteiger charge is 2.19. The molecule has 20 heavy (non-hydrogen) atoms. The van der Waals surface area contributed by atoms with Crippen molar-refractivity contribution in [3.8, 4) is 0 Å². The summed E-state index contributed by atoms with van der Waals surface area (Å²) in [5.74, 6) is -1.32. The Hall–Kier alpha value is -1.51. The molecule has 0 amide bonds. The molecule has 1 unspecified atom stereocenters. The maximum Gasteiger partial charge on any atom is 0.310 e. The lowest BCUT2D eigenvalue weighted by Gasteiger charge is -2.13. The number of rotatable bonds is 5. The van der Waals surface area contributed by atoms with Crippen molar-refractivity contribution >= 4 is 29.2 Å². The van der Waals surface area contributed by atoms with E-state index in [2.05, 4.69) is 0 Å². The van der Waals surface area contributed by atoms with Gasteiger partial charge in [0, 0.05) is 0 Å². The molecule has 2 rings (SSSR count). The van der Waals surface area contributed by atoms with Gasteiger partial charge in [-0.2, -0.15) is 0 Å². The summed E-state index contributed by atoms with van der Waals surface area (Å²) >= 11 is 11.8. The summed E-state index contributed by atoms with van der Waals surface area (Å²) in [5.41, 5.74) is 1.81. The van der Waals surface area contributed by atoms with E-state index in [-0.39, 0.29) is 0 Å². The second-order valence-corrected chi connectivity index (χ2v) is 5.40. The van der Waals surface area contributed by atoms with E-state index in [9.17, 15) is 9.90 Å². The number of carboxylic acids is 1. The zero-order chi connectivity index (χ0) is 14.5. The third-order valence-electron chi connectivity index (χ3n) is 3.21. The molecule has 2 aromatic carbocycles. The number of hydrogen-bond acceptors (Lipinski definition) is 1. The van der Waals surface area contributed by atoms with Crippen molar-refractivity contribution in [2.24, 2.45) is 0 Å². The van der Waals surface area contributed by atoms with Gasteiger partial charge in [-0.15, -0.1) is 0 Å². The maximum atomic E-state index is 11.4. The third kappa shape index (κ3) is 3.75. The molecule has 0 aliphatic heterocycles. The van der Waals surface area contributed by atoms with Crippen LogP contribution in [0.15, 0.2) is 48.5 Å². The van der Waals surface area contributed by atoms with Crippen molar-refractivity contribution in [2.75, 3.05) is 0 Å². The lowest BCUT2D eigenvalue weighted by atomic mass is 9.92. The molecular formula is C16H14Cl2O2. The number of aryl methyl sites for hydroxylation is 1. The van der Waals surface area contributed by atoms with Crippen LogP contribution in [0.2, 0.25) is 10.0 Å². The third-order valence-corrected chi connectivity index (χ3v) is 3.94. The Morgan fingerprint density at radius 1 is 1.05 bits per heavy atom. The SMILES string of the molecule is O=C(O)C(CCc1ccc(Cl)c(Cl)c1)c1ccccc1. The van der Waals surface area contributed by atoms with Crippen LogP contribution < -0.4 is 0 Å². The molecule has 0 saturated heterocycles. The predicted octanol–water partition coefficient (Wildman–Crippen LogP) is 4.79. The fourth-order valence-corrected chi connectivity index (χ4v) is 2.44. The van der Waals surface area contributed by atoms with Gasteiger partial charge in [-0.25, -0.2) is 0 Å². The van der Waals surface area contributed by atoms with E-state index in [1.807, 2.05) is 36.4 Å². The molecule has 0 fully saturated rings. The molecule has 2 aromatic rings. The summed E-state index contributed by atoms with van der Waals surface area (Å²) in [6.07, 6.45) is 1.17. The first-order chi connectivity index (χ1) is 9.58. The van der Waals surface area contributed by atoms with E-state index < -0.39 is 11.9 Å². The Kier molecular flexibility index (Phi) is 5.05. The largest absolute Gasteiger partial charge is 0.481 e. The summed E-state index contributed by atoms with van der Waals surface area (Å²) in [6.45, 7) is 0. The normalized spacial score (nSPS) is 12.1. The quantitative estimate of drug-likeness (QED) is 0.862. The van der Waals surface area contributed by atoms with Gasteiger partial charge in [-0.3, -0.25) is 4.79 Å². The summed E-state index contributed by atoms with van der Waals surface area (Å²) in [4.78, 5) is 11.4. The molecule has 2 nitrogen and oxygen atoms in total. The Bertz CT molecular complexity index is 597. The Balaban J connectivity index is 2.10. The van der Waals surface area contributed by atoms with Crippen LogP contribution in [0.5, 0.6) is 0 Å². The molecule has 1 atom stereocenters. The van der Waals surface area contributed by atoms with Crippen molar-refractivity contribution in [3.63, 3.8) is 0 Å². The van der Waals surface area contributed by atoms with Gasteiger partial charge in [0.1, 0.15) is 0 Å². The van der Waals surface area contributed by atoms with Crippen molar-refractivity contribution in [2.45, 2.75) is 18.8 Å². The smallest absolute Gasteiger partial charge is 0.310 e. The standard InChI is InChI=1S/C16H14Cl2O2/c17-14-9-7-11(10-15(14)18)6-8-13(16(19)20)12-4-2-1-3-5-12/h1-5,7,9-10,13H,6,8H2,(H,19,20). The van der Waals surface area contributed by atoms with Gasteiger partial charge in [0.25, 0.3) is 0 Å². The van der Waals surface area contributed by atoms with Crippen LogP contribution in [0.25, 0.3) is 0 Å². The van der Waals surface area contributed by atoms with Crippen LogP contribution in [0.4, 0.5) is 0 Å². The molecule has 0 bridgehead atoms. The summed E-state index contributed by atoms with van der Waals surface area (Å²) in [7, 11) is 0. The number of carbonyl (C=O) groups is 1. The fourth-order valence-electron chi connectivity index (χ4n) is 2.12. The fraction of sp³-hybridized carbons (Fsp3) is 0.188. The van der Waals surface area contributed by atoms with E-state index in [1.54, 1.807) is 12.1 Å².